The summed E-state index contributed by atoms with van der Waals surface area (Å²) in [6.07, 6.45) is 0. The van der Waals surface area contributed by atoms with Crippen LogP contribution in [0, 0.1) is 11.3 Å². The minimum atomic E-state index is 0.479. The highest BCUT2D eigenvalue weighted by Crippen LogP contribution is 2.29. The zero-order valence-electron chi connectivity index (χ0n) is 11.3. The Labute approximate surface area is 117 Å². The van der Waals surface area contributed by atoms with Crippen LogP contribution in [-0.4, -0.2) is 14.2 Å². The van der Waals surface area contributed by atoms with Crippen LogP contribution in [0.1, 0.15) is 5.56 Å². The zero-order valence-corrected chi connectivity index (χ0v) is 11.3. The second-order valence-electron chi connectivity index (χ2n) is 4.14. The second kappa shape index (κ2) is 5.85. The van der Waals surface area contributed by atoms with Gasteiger partial charge in [0, 0.05) is 29.6 Å². The fourth-order valence-corrected chi connectivity index (χ4v) is 1.80. The average Bonchev–Trinajstić information content (AvgIpc) is 2.48. The van der Waals surface area contributed by atoms with Crippen molar-refractivity contribution < 1.29 is 9.47 Å². The van der Waals surface area contributed by atoms with Crippen molar-refractivity contribution in [3.8, 4) is 17.6 Å². The van der Waals surface area contributed by atoms with Crippen LogP contribution in [0.15, 0.2) is 36.4 Å². The molecule has 0 atom stereocenters. The monoisotopic (exact) mass is 269 g/mol. The number of methoxy groups -OCH3 is 2. The maximum atomic E-state index is 9.13. The van der Waals surface area contributed by atoms with Gasteiger partial charge in [0.25, 0.3) is 0 Å². The van der Waals surface area contributed by atoms with Crippen LogP contribution in [0.2, 0.25) is 0 Å². The van der Waals surface area contributed by atoms with Crippen molar-refractivity contribution in [3.05, 3.63) is 42.0 Å². The molecule has 0 spiro atoms. The summed E-state index contributed by atoms with van der Waals surface area (Å²) >= 11 is 0. The minimum absolute atomic E-state index is 0.479. The predicted molar refractivity (Wildman–Crippen MR) is 78.4 cm³/mol. The molecule has 5 heteroatoms. The molecule has 0 saturated carbocycles. The van der Waals surface area contributed by atoms with E-state index in [2.05, 4.69) is 11.4 Å². The van der Waals surface area contributed by atoms with Crippen molar-refractivity contribution >= 4 is 17.1 Å². The quantitative estimate of drug-likeness (QED) is 0.834. The van der Waals surface area contributed by atoms with Gasteiger partial charge in [-0.05, 0) is 18.2 Å². The molecule has 0 aliphatic carbocycles. The van der Waals surface area contributed by atoms with Crippen molar-refractivity contribution in [3.63, 3.8) is 0 Å². The number of nitrogens with zero attached hydrogens (tertiary/aromatic N) is 1. The maximum Gasteiger partial charge on any atom is 0.124 e. The largest absolute Gasteiger partial charge is 0.497 e. The number of hydrogen-bond donors (Lipinski definition) is 2. The van der Waals surface area contributed by atoms with Gasteiger partial charge in [0.15, 0.2) is 0 Å². The summed E-state index contributed by atoms with van der Waals surface area (Å²) in [5, 5.41) is 12.3. The van der Waals surface area contributed by atoms with Gasteiger partial charge in [0.2, 0.25) is 0 Å². The van der Waals surface area contributed by atoms with E-state index in [-0.39, 0.29) is 0 Å². The van der Waals surface area contributed by atoms with Gasteiger partial charge < -0.3 is 20.5 Å². The lowest BCUT2D eigenvalue weighted by molar-refractivity contribution is 0.395. The van der Waals surface area contributed by atoms with E-state index in [0.29, 0.717) is 28.4 Å². The molecule has 0 bridgehead atoms. The molecule has 5 nitrogen and oxygen atoms in total. The van der Waals surface area contributed by atoms with E-state index in [4.69, 9.17) is 20.5 Å². The van der Waals surface area contributed by atoms with Crippen molar-refractivity contribution in [2.75, 3.05) is 25.3 Å². The van der Waals surface area contributed by atoms with Crippen LogP contribution < -0.4 is 20.5 Å². The SMILES string of the molecule is COc1cc(Nc2ccc(N)cc2C#N)cc(OC)c1. The minimum Gasteiger partial charge on any atom is -0.497 e. The van der Waals surface area contributed by atoms with Gasteiger partial charge in [-0.3, -0.25) is 0 Å². The lowest BCUT2D eigenvalue weighted by Gasteiger charge is -2.12. The highest BCUT2D eigenvalue weighted by Gasteiger charge is 2.06. The van der Waals surface area contributed by atoms with Crippen LogP contribution in [0.25, 0.3) is 0 Å². The number of nitrogens with two attached hydrogens (primary N) is 1. The molecule has 20 heavy (non-hydrogen) atoms. The van der Waals surface area contributed by atoms with Gasteiger partial charge in [-0.25, -0.2) is 0 Å². The van der Waals surface area contributed by atoms with Crippen LogP contribution in [0.4, 0.5) is 17.1 Å². The summed E-state index contributed by atoms with van der Waals surface area (Å²) in [5.41, 5.74) is 8.14. The topological polar surface area (TPSA) is 80.3 Å². The van der Waals surface area contributed by atoms with E-state index in [1.54, 1.807) is 38.5 Å². The van der Waals surface area contributed by atoms with Gasteiger partial charge in [-0.2, -0.15) is 5.26 Å². The molecular formula is C15H15N3O2. The lowest BCUT2D eigenvalue weighted by atomic mass is 10.1. The van der Waals surface area contributed by atoms with E-state index < -0.39 is 0 Å². The summed E-state index contributed by atoms with van der Waals surface area (Å²) in [4.78, 5) is 0. The first kappa shape index (κ1) is 13.6. The van der Waals surface area contributed by atoms with Crippen molar-refractivity contribution in [1.82, 2.24) is 0 Å². The fraction of sp³-hybridized carbons (Fsp3) is 0.133. The van der Waals surface area contributed by atoms with Crippen molar-refractivity contribution in [1.29, 1.82) is 5.26 Å². The van der Waals surface area contributed by atoms with Crippen LogP contribution >= 0.6 is 0 Å². The Morgan fingerprint density at radius 3 is 2.25 bits per heavy atom. The molecule has 3 N–H and O–H groups in total. The maximum absolute atomic E-state index is 9.13. The molecule has 2 aromatic carbocycles. The molecule has 2 rings (SSSR count). The summed E-state index contributed by atoms with van der Waals surface area (Å²) < 4.78 is 10.4. The molecule has 2 aromatic rings. The second-order valence-corrected chi connectivity index (χ2v) is 4.14. The van der Waals surface area contributed by atoms with Gasteiger partial charge in [0.1, 0.15) is 17.6 Å². The molecule has 0 saturated heterocycles. The molecule has 0 aromatic heterocycles. The Bertz CT molecular complexity index is 640. The Balaban J connectivity index is 2.37. The molecule has 0 amide bonds. The number of anilines is 3. The van der Waals surface area contributed by atoms with Crippen LogP contribution in [0.5, 0.6) is 11.5 Å². The number of nitrogens with one attached hydrogen (secondary N) is 1. The Morgan fingerprint density at radius 2 is 1.70 bits per heavy atom. The third kappa shape index (κ3) is 2.93. The number of ether oxygens (including phenoxy) is 2. The first-order chi connectivity index (χ1) is 9.66. The highest BCUT2D eigenvalue weighted by molar-refractivity contribution is 5.70. The van der Waals surface area contributed by atoms with Gasteiger partial charge >= 0.3 is 0 Å². The molecule has 0 radical (unpaired) electrons. The van der Waals surface area contributed by atoms with Crippen molar-refractivity contribution in [2.24, 2.45) is 0 Å². The van der Waals surface area contributed by atoms with E-state index >= 15 is 0 Å². The highest BCUT2D eigenvalue weighted by atomic mass is 16.5. The van der Waals surface area contributed by atoms with Crippen molar-refractivity contribution in [2.45, 2.75) is 0 Å². The molecule has 0 aliphatic rings. The third-order valence-electron chi connectivity index (χ3n) is 2.79. The zero-order chi connectivity index (χ0) is 14.5. The summed E-state index contributed by atoms with van der Waals surface area (Å²) in [5.74, 6) is 1.33. The number of nitriles is 1. The normalized spacial score (nSPS) is 9.65. The first-order valence-electron chi connectivity index (χ1n) is 5.96. The van der Waals surface area contributed by atoms with E-state index in [1.165, 1.54) is 0 Å². The lowest BCUT2D eigenvalue weighted by Crippen LogP contribution is -1.97. The van der Waals surface area contributed by atoms with Gasteiger partial charge in [0.05, 0.1) is 25.5 Å². The number of benzene rings is 2. The average molecular weight is 269 g/mol. The fourth-order valence-electron chi connectivity index (χ4n) is 1.80. The summed E-state index contributed by atoms with van der Waals surface area (Å²) in [6.45, 7) is 0. The smallest absolute Gasteiger partial charge is 0.124 e. The van der Waals surface area contributed by atoms with Crippen LogP contribution in [0.3, 0.4) is 0 Å². The first-order valence-corrected chi connectivity index (χ1v) is 5.96. The Kier molecular flexibility index (Phi) is 3.96. The molecule has 102 valence electrons. The number of rotatable bonds is 4. The van der Waals surface area contributed by atoms with E-state index in [9.17, 15) is 0 Å². The molecule has 0 unspecified atom stereocenters. The molecular weight excluding hydrogens is 254 g/mol. The molecule has 0 fully saturated rings. The van der Waals surface area contributed by atoms with Crippen LogP contribution in [-0.2, 0) is 0 Å². The van der Waals surface area contributed by atoms with Gasteiger partial charge in [-0.1, -0.05) is 0 Å². The third-order valence-corrected chi connectivity index (χ3v) is 2.79. The number of hydrogen-bond acceptors (Lipinski definition) is 5. The summed E-state index contributed by atoms with van der Waals surface area (Å²) in [6, 6.07) is 12.7. The Morgan fingerprint density at radius 1 is 1.05 bits per heavy atom. The predicted octanol–water partition coefficient (Wildman–Crippen LogP) is 2.90. The molecule has 0 aliphatic heterocycles. The standard InChI is InChI=1S/C15H15N3O2/c1-19-13-6-12(7-14(8-13)20-2)18-15-4-3-11(17)5-10(15)9-16/h3-8,18H,17H2,1-2H3. The Hall–Kier alpha value is -2.87. The molecule has 0 heterocycles. The summed E-state index contributed by atoms with van der Waals surface area (Å²) in [7, 11) is 3.17. The van der Waals surface area contributed by atoms with E-state index in [1.807, 2.05) is 12.1 Å². The van der Waals surface area contributed by atoms with Gasteiger partial charge in [-0.15, -0.1) is 0 Å². The van der Waals surface area contributed by atoms with E-state index in [0.717, 1.165) is 5.69 Å². The number of nitrogen functional groups attached to an aromatic ring is 1.